The summed E-state index contributed by atoms with van der Waals surface area (Å²) in [6.07, 6.45) is 1.97. The third kappa shape index (κ3) is 3.76. The standard InChI is InChI=1S/C15H15N5O2S/c16-8-11-3-1-2-4-13(11)20-15-7-14(17-10-18-15)19-12-5-6-23(21,22)9-12/h1-4,7,10,12H,5-6,9H2,(H2,17,18,19,20). The highest BCUT2D eigenvalue weighted by atomic mass is 32.2. The van der Waals surface area contributed by atoms with Gasteiger partial charge in [0, 0.05) is 12.1 Å². The first-order valence-electron chi connectivity index (χ1n) is 7.11. The van der Waals surface area contributed by atoms with E-state index in [0.717, 1.165) is 0 Å². The number of aromatic nitrogens is 2. The molecule has 2 aromatic rings. The van der Waals surface area contributed by atoms with Gasteiger partial charge in [-0.1, -0.05) is 12.1 Å². The summed E-state index contributed by atoms with van der Waals surface area (Å²) in [5, 5.41) is 15.3. The maximum Gasteiger partial charge on any atom is 0.152 e. The quantitative estimate of drug-likeness (QED) is 0.878. The van der Waals surface area contributed by atoms with Crippen LogP contribution < -0.4 is 10.6 Å². The highest BCUT2D eigenvalue weighted by Gasteiger charge is 2.27. The highest BCUT2D eigenvalue weighted by molar-refractivity contribution is 7.91. The molecule has 2 N–H and O–H groups in total. The molecule has 23 heavy (non-hydrogen) atoms. The van der Waals surface area contributed by atoms with Gasteiger partial charge in [0.1, 0.15) is 24.0 Å². The molecule has 7 nitrogen and oxygen atoms in total. The van der Waals surface area contributed by atoms with Gasteiger partial charge in [0.15, 0.2) is 9.84 Å². The minimum Gasteiger partial charge on any atom is -0.366 e. The van der Waals surface area contributed by atoms with Gasteiger partial charge in [-0.25, -0.2) is 18.4 Å². The molecule has 0 aliphatic carbocycles. The van der Waals surface area contributed by atoms with Crippen LogP contribution in [0.4, 0.5) is 17.3 Å². The van der Waals surface area contributed by atoms with Crippen LogP contribution in [0.5, 0.6) is 0 Å². The molecule has 1 aliphatic heterocycles. The predicted molar refractivity (Wildman–Crippen MR) is 87.2 cm³/mol. The van der Waals surface area contributed by atoms with E-state index < -0.39 is 9.84 Å². The second-order valence-corrected chi connectivity index (χ2v) is 7.54. The van der Waals surface area contributed by atoms with Gasteiger partial charge in [-0.15, -0.1) is 0 Å². The molecule has 118 valence electrons. The molecule has 1 aromatic heterocycles. The van der Waals surface area contributed by atoms with E-state index in [4.69, 9.17) is 5.26 Å². The summed E-state index contributed by atoms with van der Waals surface area (Å²) in [5.74, 6) is 1.41. The molecular formula is C15H15N5O2S. The van der Waals surface area contributed by atoms with Crippen molar-refractivity contribution in [1.29, 1.82) is 5.26 Å². The molecule has 1 aliphatic rings. The average Bonchev–Trinajstić information content (AvgIpc) is 2.87. The molecule has 1 unspecified atom stereocenters. The summed E-state index contributed by atoms with van der Waals surface area (Å²) in [6.45, 7) is 0. The number of nitrogens with one attached hydrogen (secondary N) is 2. The van der Waals surface area contributed by atoms with Crippen LogP contribution in [0.15, 0.2) is 36.7 Å². The molecule has 1 saturated heterocycles. The number of hydrogen-bond acceptors (Lipinski definition) is 7. The van der Waals surface area contributed by atoms with Gasteiger partial charge in [-0.05, 0) is 18.6 Å². The summed E-state index contributed by atoms with van der Waals surface area (Å²) < 4.78 is 23.0. The Hall–Kier alpha value is -2.66. The van der Waals surface area contributed by atoms with Crippen molar-refractivity contribution in [3.63, 3.8) is 0 Å². The number of hydrogen-bond donors (Lipinski definition) is 2. The summed E-state index contributed by atoms with van der Waals surface area (Å²) in [6, 6.07) is 10.8. The van der Waals surface area contributed by atoms with Crippen molar-refractivity contribution in [2.24, 2.45) is 0 Å². The molecule has 0 radical (unpaired) electrons. The van der Waals surface area contributed by atoms with Crippen molar-refractivity contribution in [2.45, 2.75) is 12.5 Å². The van der Waals surface area contributed by atoms with E-state index in [0.29, 0.717) is 29.3 Å². The Morgan fingerprint density at radius 2 is 2.00 bits per heavy atom. The topological polar surface area (TPSA) is 108 Å². The molecule has 0 spiro atoms. The minimum atomic E-state index is -2.94. The lowest BCUT2D eigenvalue weighted by Crippen LogP contribution is -2.21. The van der Waals surface area contributed by atoms with Crippen LogP contribution in [0.3, 0.4) is 0 Å². The van der Waals surface area contributed by atoms with Crippen LogP contribution in [0.1, 0.15) is 12.0 Å². The lowest BCUT2D eigenvalue weighted by molar-refractivity contribution is 0.602. The number of sulfone groups is 1. The zero-order valence-electron chi connectivity index (χ0n) is 12.2. The Morgan fingerprint density at radius 1 is 1.22 bits per heavy atom. The van der Waals surface area contributed by atoms with Crippen molar-refractivity contribution >= 4 is 27.2 Å². The van der Waals surface area contributed by atoms with Crippen LogP contribution in [0.2, 0.25) is 0 Å². The van der Waals surface area contributed by atoms with E-state index >= 15 is 0 Å². The van der Waals surface area contributed by atoms with Crippen molar-refractivity contribution in [2.75, 3.05) is 22.1 Å². The van der Waals surface area contributed by atoms with Gasteiger partial charge in [0.2, 0.25) is 0 Å². The number of benzene rings is 1. The van der Waals surface area contributed by atoms with Crippen molar-refractivity contribution < 1.29 is 8.42 Å². The van der Waals surface area contributed by atoms with Crippen molar-refractivity contribution in [3.05, 3.63) is 42.2 Å². The van der Waals surface area contributed by atoms with E-state index in [9.17, 15) is 8.42 Å². The SMILES string of the molecule is N#Cc1ccccc1Nc1cc(NC2CCS(=O)(=O)C2)ncn1. The van der Waals surface area contributed by atoms with Gasteiger partial charge in [-0.3, -0.25) is 0 Å². The maximum atomic E-state index is 11.5. The molecule has 1 atom stereocenters. The van der Waals surface area contributed by atoms with Crippen LogP contribution in [0.25, 0.3) is 0 Å². The van der Waals surface area contributed by atoms with E-state index in [1.54, 1.807) is 24.3 Å². The van der Waals surface area contributed by atoms with Crippen LogP contribution in [-0.4, -0.2) is 35.9 Å². The van der Waals surface area contributed by atoms with Gasteiger partial charge < -0.3 is 10.6 Å². The predicted octanol–water partition coefficient (Wildman–Crippen LogP) is 1.69. The number of nitrogens with zero attached hydrogens (tertiary/aromatic N) is 3. The molecule has 3 rings (SSSR count). The smallest absolute Gasteiger partial charge is 0.152 e. The van der Waals surface area contributed by atoms with Gasteiger partial charge >= 0.3 is 0 Å². The normalized spacial score (nSPS) is 19.0. The Bertz CT molecular complexity index is 860. The van der Waals surface area contributed by atoms with Gasteiger partial charge in [0.25, 0.3) is 0 Å². The molecule has 0 bridgehead atoms. The first-order valence-corrected chi connectivity index (χ1v) is 8.93. The van der Waals surface area contributed by atoms with E-state index in [1.165, 1.54) is 6.33 Å². The summed E-state index contributed by atoms with van der Waals surface area (Å²) in [4.78, 5) is 8.24. The summed E-state index contributed by atoms with van der Waals surface area (Å²) >= 11 is 0. The van der Waals surface area contributed by atoms with Crippen LogP contribution in [0, 0.1) is 11.3 Å². The maximum absolute atomic E-state index is 11.5. The largest absolute Gasteiger partial charge is 0.366 e. The van der Waals surface area contributed by atoms with E-state index in [1.807, 2.05) is 6.07 Å². The Labute approximate surface area is 134 Å². The minimum absolute atomic E-state index is 0.122. The number of para-hydroxylation sites is 1. The molecule has 8 heteroatoms. The van der Waals surface area contributed by atoms with Gasteiger partial charge in [-0.2, -0.15) is 5.26 Å². The Kier molecular flexibility index (Phi) is 4.12. The lowest BCUT2D eigenvalue weighted by Gasteiger charge is -2.13. The first-order chi connectivity index (χ1) is 11.1. The van der Waals surface area contributed by atoms with Crippen LogP contribution >= 0.6 is 0 Å². The first kappa shape index (κ1) is 15.2. The van der Waals surface area contributed by atoms with Crippen molar-refractivity contribution in [1.82, 2.24) is 9.97 Å². The molecular weight excluding hydrogens is 314 g/mol. The zero-order chi connectivity index (χ0) is 16.3. The highest BCUT2D eigenvalue weighted by Crippen LogP contribution is 2.21. The fraction of sp³-hybridized carbons (Fsp3) is 0.267. The van der Waals surface area contributed by atoms with Crippen LogP contribution in [-0.2, 0) is 9.84 Å². The monoisotopic (exact) mass is 329 g/mol. The summed E-state index contributed by atoms with van der Waals surface area (Å²) in [7, 11) is -2.94. The third-order valence-electron chi connectivity index (χ3n) is 3.56. The number of rotatable bonds is 4. The molecule has 1 aromatic carbocycles. The molecule has 0 amide bonds. The zero-order valence-corrected chi connectivity index (χ0v) is 13.0. The molecule has 1 fully saturated rings. The Morgan fingerprint density at radius 3 is 2.74 bits per heavy atom. The fourth-order valence-electron chi connectivity index (χ4n) is 2.45. The second kappa shape index (κ2) is 6.22. The fourth-order valence-corrected chi connectivity index (χ4v) is 4.12. The van der Waals surface area contributed by atoms with Gasteiger partial charge in [0.05, 0.1) is 22.8 Å². The van der Waals surface area contributed by atoms with E-state index in [-0.39, 0.29) is 17.5 Å². The molecule has 2 heterocycles. The summed E-state index contributed by atoms with van der Waals surface area (Å²) in [5.41, 5.74) is 1.17. The average molecular weight is 329 g/mol. The molecule has 0 saturated carbocycles. The Balaban J connectivity index is 1.74. The number of nitriles is 1. The van der Waals surface area contributed by atoms with Crippen molar-refractivity contribution in [3.8, 4) is 6.07 Å². The number of anilines is 3. The second-order valence-electron chi connectivity index (χ2n) is 5.32. The van der Waals surface area contributed by atoms with E-state index in [2.05, 4.69) is 26.7 Å². The lowest BCUT2D eigenvalue weighted by atomic mass is 10.2. The third-order valence-corrected chi connectivity index (χ3v) is 5.33.